The van der Waals surface area contributed by atoms with Crippen molar-refractivity contribution < 1.29 is 63.1 Å². The lowest BCUT2D eigenvalue weighted by atomic mass is 9.90. The van der Waals surface area contributed by atoms with E-state index in [4.69, 9.17) is 0 Å². The number of fused-ring (bicyclic) bond motifs is 11. The van der Waals surface area contributed by atoms with Gasteiger partial charge in [0, 0.05) is 0 Å². The quantitative estimate of drug-likeness (QED) is 0.0581. The Labute approximate surface area is 292 Å². The molecule has 0 saturated carbocycles. The minimum atomic E-state index is -2.47. The summed E-state index contributed by atoms with van der Waals surface area (Å²) >= 11 is 0. The Balaban J connectivity index is 1.19. The van der Waals surface area contributed by atoms with Crippen LogP contribution >= 0.6 is 0 Å². The van der Waals surface area contributed by atoms with Crippen LogP contribution in [0, 0.1) is 58.2 Å². The molecule has 2 aliphatic rings. The molecule has 7 aromatic rings. The van der Waals surface area contributed by atoms with Gasteiger partial charge in [0.25, 0.3) is 23.6 Å². The first-order valence-electron chi connectivity index (χ1n) is 15.4. The van der Waals surface area contributed by atoms with Crippen LogP contribution in [0.5, 0.6) is 0 Å². The van der Waals surface area contributed by atoms with Crippen LogP contribution in [-0.2, 0) is 0 Å². The van der Waals surface area contributed by atoms with Crippen molar-refractivity contribution in [1.29, 1.82) is 0 Å². The summed E-state index contributed by atoms with van der Waals surface area (Å²) < 4.78 is 142. The van der Waals surface area contributed by atoms with Gasteiger partial charge >= 0.3 is 0 Å². The Bertz CT molecular complexity index is 2790. The zero-order valence-electron chi connectivity index (χ0n) is 26.1. The van der Waals surface area contributed by atoms with Crippen LogP contribution in [0.15, 0.2) is 60.7 Å². The van der Waals surface area contributed by atoms with E-state index in [1.54, 1.807) is 12.1 Å². The van der Waals surface area contributed by atoms with Gasteiger partial charge in [-0.05, 0) is 55.2 Å². The van der Waals surface area contributed by atoms with Gasteiger partial charge in [-0.3, -0.25) is 19.2 Å². The Morgan fingerprint density at radius 1 is 0.278 bits per heavy atom. The topological polar surface area (TPSA) is 74.8 Å². The summed E-state index contributed by atoms with van der Waals surface area (Å²) in [7, 11) is 0. The van der Waals surface area contributed by atoms with Crippen molar-refractivity contribution in [2.45, 2.75) is 0 Å². The number of rotatable bonds is 2. The Morgan fingerprint density at radius 2 is 0.500 bits per heavy atom. The van der Waals surface area contributed by atoms with E-state index in [9.17, 15) is 63.1 Å². The molecule has 4 amide bonds. The summed E-state index contributed by atoms with van der Waals surface area (Å²) in [6.07, 6.45) is 0. The van der Waals surface area contributed by atoms with Crippen molar-refractivity contribution in [1.82, 2.24) is 0 Å². The molecule has 7 aromatic carbocycles. The third-order valence-corrected chi connectivity index (χ3v) is 9.71. The Morgan fingerprint density at radius 3 is 0.796 bits per heavy atom. The third kappa shape index (κ3) is 3.91. The SMILES string of the molecule is O=C1c2ccc3c(ccc4c3ccc3c5ccc6c(c5ccc34)C(=O)N(c3c(F)c(F)c(F)c(F)c3F)C6=O)c2C(=O)N1c1c(F)c(F)c(F)c(F)c1F. The molecule has 2 aliphatic heterocycles. The van der Waals surface area contributed by atoms with Crippen LogP contribution < -0.4 is 9.80 Å². The average Bonchev–Trinajstić information content (AvgIpc) is 3.58. The molecule has 6 nitrogen and oxygen atoms in total. The molecule has 0 unspecified atom stereocenters. The van der Waals surface area contributed by atoms with E-state index < -0.39 is 93.2 Å². The van der Waals surface area contributed by atoms with Crippen LogP contribution in [0.4, 0.5) is 55.3 Å². The maximum atomic E-state index is 14.7. The van der Waals surface area contributed by atoms with Crippen LogP contribution in [0.25, 0.3) is 43.1 Å². The van der Waals surface area contributed by atoms with Crippen molar-refractivity contribution in [3.8, 4) is 0 Å². The van der Waals surface area contributed by atoms with Crippen molar-refractivity contribution in [2.75, 3.05) is 9.80 Å². The molecule has 16 heteroatoms. The van der Waals surface area contributed by atoms with E-state index >= 15 is 0 Å². The molecule has 0 aliphatic carbocycles. The molecule has 9 rings (SSSR count). The molecule has 0 atom stereocenters. The molecule has 0 saturated heterocycles. The number of carbonyl (C=O) groups excluding carboxylic acids is 4. The molecule has 266 valence electrons. The minimum absolute atomic E-state index is 0.0972. The summed E-state index contributed by atoms with van der Waals surface area (Å²) in [6, 6.07) is 14.2. The van der Waals surface area contributed by atoms with Crippen molar-refractivity contribution in [3.05, 3.63) is 141 Å². The van der Waals surface area contributed by atoms with Gasteiger partial charge in [0.15, 0.2) is 46.5 Å². The van der Waals surface area contributed by atoms with Crippen LogP contribution in [0.3, 0.4) is 0 Å². The largest absolute Gasteiger partial charge is 0.268 e. The fraction of sp³-hybridized carbons (Fsp3) is 0. The van der Waals surface area contributed by atoms with Gasteiger partial charge in [-0.1, -0.05) is 48.5 Å². The second-order valence-electron chi connectivity index (χ2n) is 12.3. The highest BCUT2D eigenvalue weighted by Crippen LogP contribution is 2.43. The molecule has 0 bridgehead atoms. The fourth-order valence-electron chi connectivity index (χ4n) is 7.31. The first-order valence-corrected chi connectivity index (χ1v) is 15.4. The van der Waals surface area contributed by atoms with Crippen molar-refractivity contribution in [2.24, 2.45) is 0 Å². The third-order valence-electron chi connectivity index (χ3n) is 9.71. The standard InChI is InChI=1S/C38H10F10N2O4/c39-23-25(41)29(45)33(30(46)26(23)42)49-35(51)19-9-5-15-13-1-2-14-12(11(13)3-7-17(15)21(19)37(49)53)4-8-18-16(14)6-10-20-22(18)38(54)50(36(20)52)34-31(47)27(43)24(40)28(44)32(34)48/h1-10H. The lowest BCUT2D eigenvalue weighted by Gasteiger charge is -2.17. The number of amides is 4. The zero-order valence-corrected chi connectivity index (χ0v) is 26.1. The van der Waals surface area contributed by atoms with E-state index in [0.717, 1.165) is 12.1 Å². The van der Waals surface area contributed by atoms with Gasteiger partial charge < -0.3 is 0 Å². The number of carbonyl (C=O) groups is 4. The second kappa shape index (κ2) is 10.8. The second-order valence-corrected chi connectivity index (χ2v) is 12.3. The van der Waals surface area contributed by atoms with E-state index in [0.29, 0.717) is 32.3 Å². The van der Waals surface area contributed by atoms with Gasteiger partial charge in [-0.15, -0.1) is 0 Å². The lowest BCUT2D eigenvalue weighted by molar-refractivity contribution is 0.0907. The van der Waals surface area contributed by atoms with E-state index in [1.807, 2.05) is 0 Å². The minimum Gasteiger partial charge on any atom is -0.268 e. The summed E-state index contributed by atoms with van der Waals surface area (Å²) in [6.45, 7) is 0. The highest BCUT2D eigenvalue weighted by molar-refractivity contribution is 6.40. The van der Waals surface area contributed by atoms with Crippen LogP contribution in [0.1, 0.15) is 41.4 Å². The van der Waals surface area contributed by atoms with E-state index in [1.165, 1.54) is 36.4 Å². The predicted molar refractivity (Wildman–Crippen MR) is 171 cm³/mol. The summed E-state index contributed by atoms with van der Waals surface area (Å²) in [5, 5.41) is 2.81. The number of hydrogen-bond acceptors (Lipinski definition) is 4. The monoisotopic (exact) mass is 748 g/mol. The molecular weight excluding hydrogens is 738 g/mol. The summed E-state index contributed by atoms with van der Waals surface area (Å²) in [5.74, 6) is -29.2. The number of halogens is 10. The number of anilines is 2. The number of nitrogens with zero attached hydrogens (tertiary/aromatic N) is 2. The first-order chi connectivity index (χ1) is 25.7. The fourth-order valence-corrected chi connectivity index (χ4v) is 7.31. The molecule has 0 spiro atoms. The van der Waals surface area contributed by atoms with E-state index in [2.05, 4.69) is 0 Å². The van der Waals surface area contributed by atoms with Gasteiger partial charge in [0.1, 0.15) is 11.4 Å². The van der Waals surface area contributed by atoms with Crippen LogP contribution in [-0.4, -0.2) is 23.6 Å². The van der Waals surface area contributed by atoms with Crippen molar-refractivity contribution in [3.63, 3.8) is 0 Å². The molecular formula is C38H10F10N2O4. The summed E-state index contributed by atoms with van der Waals surface area (Å²) in [4.78, 5) is 53.3. The number of imide groups is 2. The lowest BCUT2D eigenvalue weighted by Crippen LogP contribution is -2.32. The summed E-state index contributed by atoms with van der Waals surface area (Å²) in [5.41, 5.74) is -4.91. The zero-order chi connectivity index (χ0) is 38.4. The first kappa shape index (κ1) is 33.0. The smallest absolute Gasteiger partial charge is 0.266 e. The van der Waals surface area contributed by atoms with Crippen molar-refractivity contribution >= 4 is 78.1 Å². The van der Waals surface area contributed by atoms with Gasteiger partial charge in [0.2, 0.25) is 11.6 Å². The highest BCUT2D eigenvalue weighted by atomic mass is 19.2. The van der Waals surface area contributed by atoms with Gasteiger partial charge in [-0.2, -0.15) is 0 Å². The van der Waals surface area contributed by atoms with Crippen LogP contribution in [0.2, 0.25) is 0 Å². The van der Waals surface area contributed by atoms with Gasteiger partial charge in [0.05, 0.1) is 22.3 Å². The average molecular weight is 748 g/mol. The Kier molecular flexibility index (Phi) is 6.63. The normalized spacial score (nSPS) is 14.2. The molecule has 0 N–H and O–H groups in total. The molecule has 0 aromatic heterocycles. The Hall–Kier alpha value is -6.84. The molecule has 2 heterocycles. The van der Waals surface area contributed by atoms with E-state index in [-0.39, 0.29) is 42.8 Å². The molecule has 0 radical (unpaired) electrons. The molecule has 54 heavy (non-hydrogen) atoms. The number of benzene rings is 7. The maximum absolute atomic E-state index is 14.7. The predicted octanol–water partition coefficient (Wildman–Crippen LogP) is 9.29. The number of hydrogen-bond donors (Lipinski definition) is 0. The van der Waals surface area contributed by atoms with Gasteiger partial charge in [-0.25, -0.2) is 53.7 Å². The molecule has 0 fully saturated rings. The highest BCUT2D eigenvalue weighted by Gasteiger charge is 2.45. The maximum Gasteiger partial charge on any atom is 0.266 e.